The predicted molar refractivity (Wildman–Crippen MR) is 111 cm³/mol. The van der Waals surface area contributed by atoms with E-state index in [1.165, 1.54) is 12.4 Å². The number of nitrogens with zero attached hydrogens (tertiary/aromatic N) is 3. The van der Waals surface area contributed by atoms with Gasteiger partial charge in [0.1, 0.15) is 22.9 Å². The number of hydrogen-bond acceptors (Lipinski definition) is 8. The molecule has 1 atom stereocenters. The van der Waals surface area contributed by atoms with Crippen LogP contribution in [0, 0.1) is 11.6 Å². The zero-order valence-electron chi connectivity index (χ0n) is 16.0. The van der Waals surface area contributed by atoms with Crippen LogP contribution in [0.1, 0.15) is 24.8 Å². The summed E-state index contributed by atoms with van der Waals surface area (Å²) in [5, 5.41) is -0.0379. The lowest BCUT2D eigenvalue weighted by Gasteiger charge is -2.36. The van der Waals surface area contributed by atoms with Crippen molar-refractivity contribution >= 4 is 26.7 Å². The van der Waals surface area contributed by atoms with Crippen LogP contribution in [-0.2, 0) is 16.6 Å². The van der Waals surface area contributed by atoms with Crippen LogP contribution < -0.4 is 16.2 Å². The maximum absolute atomic E-state index is 14.8. The molecule has 2 heterocycles. The molecule has 30 heavy (non-hydrogen) atoms. The smallest absolute Gasteiger partial charge is 0.266 e. The van der Waals surface area contributed by atoms with Gasteiger partial charge in [-0.05, 0) is 55.6 Å². The van der Waals surface area contributed by atoms with Crippen molar-refractivity contribution in [2.24, 2.45) is 11.5 Å². The van der Waals surface area contributed by atoms with Crippen molar-refractivity contribution in [3.63, 3.8) is 0 Å². The molecule has 8 nitrogen and oxygen atoms in total. The quantitative estimate of drug-likeness (QED) is 0.546. The maximum Gasteiger partial charge on any atom is 0.266 e. The second-order valence-corrected chi connectivity index (χ2v) is 9.16. The molecule has 162 valence electrons. The first-order valence-electron chi connectivity index (χ1n) is 9.17. The van der Waals surface area contributed by atoms with Gasteiger partial charge in [0.25, 0.3) is 10.0 Å². The first-order valence-corrected chi connectivity index (χ1v) is 11.4. The molecule has 0 spiro atoms. The zero-order chi connectivity index (χ0) is 21.7. The van der Waals surface area contributed by atoms with Gasteiger partial charge in [0.15, 0.2) is 0 Å². The molecule has 0 unspecified atom stereocenters. The summed E-state index contributed by atoms with van der Waals surface area (Å²) in [6.07, 6.45) is 8.37. The van der Waals surface area contributed by atoms with Crippen molar-refractivity contribution in [3.8, 4) is 0 Å². The van der Waals surface area contributed by atoms with Crippen molar-refractivity contribution in [3.05, 3.63) is 59.7 Å². The normalized spacial score (nSPS) is 18.7. The van der Waals surface area contributed by atoms with Gasteiger partial charge in [0, 0.05) is 29.7 Å². The number of rotatable bonds is 7. The third kappa shape index (κ3) is 4.94. The Labute approximate surface area is 177 Å². The summed E-state index contributed by atoms with van der Waals surface area (Å²) in [7, 11) is -4.34. The highest BCUT2D eigenvalue weighted by Gasteiger charge is 2.28. The molecule has 0 amide bonds. The number of aromatic nitrogens is 2. The Bertz CT molecular complexity index is 1040. The van der Waals surface area contributed by atoms with Crippen molar-refractivity contribution in [1.82, 2.24) is 14.3 Å². The van der Waals surface area contributed by atoms with Crippen LogP contribution in [0.15, 0.2) is 47.4 Å². The van der Waals surface area contributed by atoms with Gasteiger partial charge < -0.3 is 11.5 Å². The van der Waals surface area contributed by atoms with Gasteiger partial charge in [-0.3, -0.25) is 9.62 Å². The molecule has 0 aliphatic carbocycles. The van der Waals surface area contributed by atoms with E-state index >= 15 is 0 Å². The summed E-state index contributed by atoms with van der Waals surface area (Å²) in [6.45, 7) is 0.771. The molecule has 1 aliphatic heterocycles. The second kappa shape index (κ2) is 9.49. The van der Waals surface area contributed by atoms with Crippen molar-refractivity contribution in [1.29, 1.82) is 0 Å². The van der Waals surface area contributed by atoms with Crippen LogP contribution in [0.3, 0.4) is 0 Å². The number of nitrogens with two attached hydrogens (primary N) is 2. The Morgan fingerprint density at radius 2 is 2.10 bits per heavy atom. The van der Waals surface area contributed by atoms with Crippen LogP contribution in [0.4, 0.5) is 13.9 Å². The fourth-order valence-corrected chi connectivity index (χ4v) is 5.18. The lowest BCUT2D eigenvalue weighted by atomic mass is 9.94. The number of piperidine rings is 1. The van der Waals surface area contributed by atoms with E-state index in [-0.39, 0.29) is 23.3 Å². The number of halogens is 2. The van der Waals surface area contributed by atoms with Gasteiger partial charge >= 0.3 is 0 Å². The Hall–Kier alpha value is -2.57. The zero-order valence-corrected chi connectivity index (χ0v) is 17.6. The third-order valence-electron chi connectivity index (χ3n) is 4.83. The minimum Gasteiger partial charge on any atom is -0.405 e. The van der Waals surface area contributed by atoms with E-state index in [1.807, 2.05) is 4.90 Å². The highest BCUT2D eigenvalue weighted by atomic mass is 32.2. The minimum atomic E-state index is -4.34. The molecule has 1 aromatic carbocycles. The molecule has 3 rings (SSSR count). The van der Waals surface area contributed by atoms with E-state index in [9.17, 15) is 17.2 Å². The Kier molecular flexibility index (Phi) is 7.00. The second-order valence-electron chi connectivity index (χ2n) is 6.73. The monoisotopic (exact) mass is 456 g/mol. The van der Waals surface area contributed by atoms with Crippen molar-refractivity contribution in [2.45, 2.75) is 36.7 Å². The van der Waals surface area contributed by atoms with Crippen molar-refractivity contribution < 1.29 is 17.2 Å². The summed E-state index contributed by atoms with van der Waals surface area (Å²) in [6, 6.07) is 1.51. The van der Waals surface area contributed by atoms with E-state index < -0.39 is 26.6 Å². The molecule has 1 fully saturated rings. The summed E-state index contributed by atoms with van der Waals surface area (Å²) in [5.74, 6) is -1.86. The van der Waals surface area contributed by atoms with Crippen LogP contribution >= 0.6 is 11.5 Å². The highest BCUT2D eigenvalue weighted by molar-refractivity contribution is 7.93. The van der Waals surface area contributed by atoms with Crippen LogP contribution in [-0.4, -0.2) is 35.3 Å². The van der Waals surface area contributed by atoms with Gasteiger partial charge in [0.2, 0.25) is 5.13 Å². The lowest BCUT2D eigenvalue weighted by molar-refractivity contribution is 0.163. The number of likely N-dealkylation sites (tertiary alicyclic amines) is 1. The van der Waals surface area contributed by atoms with Crippen molar-refractivity contribution in [2.75, 3.05) is 11.3 Å². The van der Waals surface area contributed by atoms with Gasteiger partial charge in [-0.1, -0.05) is 6.42 Å². The Morgan fingerprint density at radius 1 is 1.30 bits per heavy atom. The Morgan fingerprint density at radius 3 is 2.77 bits per heavy atom. The third-order valence-corrected chi connectivity index (χ3v) is 6.89. The van der Waals surface area contributed by atoms with Gasteiger partial charge in [-0.25, -0.2) is 22.2 Å². The van der Waals surface area contributed by atoms with Crippen LogP contribution in [0.2, 0.25) is 0 Å². The van der Waals surface area contributed by atoms with Crippen LogP contribution in [0.25, 0.3) is 0 Å². The average Bonchev–Trinajstić information content (AvgIpc) is 3.21. The number of hydrogen-bond donors (Lipinski definition) is 3. The standard InChI is InChI=1S/C18H22F2N6O2S2/c19-14-8-17(30(27,28)25-18-23-11-24-29-18)15(20)7-13(14)10-26-6-2-1-3-16(26)12(9-22)4-5-21/h4-5,7-9,11,16H,1-3,6,10,21-22H2,(H,23,24,25)/b5-4-,12-9+/t16-/m1/s1. The average molecular weight is 457 g/mol. The Balaban J connectivity index is 1.86. The van der Waals surface area contributed by atoms with Gasteiger partial charge in [-0.15, -0.1) is 0 Å². The number of sulfonamides is 1. The topological polar surface area (TPSA) is 127 Å². The first kappa shape index (κ1) is 22.1. The minimum absolute atomic E-state index is 0.0379. The molecule has 5 N–H and O–H groups in total. The largest absolute Gasteiger partial charge is 0.405 e. The number of nitrogens with one attached hydrogen (secondary N) is 1. The van der Waals surface area contributed by atoms with E-state index in [0.29, 0.717) is 12.6 Å². The number of benzene rings is 1. The molecular weight excluding hydrogens is 434 g/mol. The summed E-state index contributed by atoms with van der Waals surface area (Å²) in [4.78, 5) is 4.88. The molecule has 2 aromatic rings. The fourth-order valence-electron chi connectivity index (χ4n) is 3.45. The molecule has 0 saturated carbocycles. The maximum atomic E-state index is 14.8. The molecular formula is C18H22F2N6O2S2. The predicted octanol–water partition coefficient (Wildman–Crippen LogP) is 2.29. The number of anilines is 1. The summed E-state index contributed by atoms with van der Waals surface area (Å²) >= 11 is 0.786. The van der Waals surface area contributed by atoms with Crippen LogP contribution in [0.5, 0.6) is 0 Å². The van der Waals surface area contributed by atoms with Gasteiger partial charge in [-0.2, -0.15) is 4.37 Å². The molecule has 1 saturated heterocycles. The molecule has 0 bridgehead atoms. The first-order chi connectivity index (χ1) is 14.4. The molecule has 0 radical (unpaired) electrons. The van der Waals surface area contributed by atoms with Gasteiger partial charge in [0.05, 0.1) is 0 Å². The van der Waals surface area contributed by atoms with E-state index in [2.05, 4.69) is 14.1 Å². The highest BCUT2D eigenvalue weighted by Crippen LogP contribution is 2.28. The molecule has 12 heteroatoms. The SMILES string of the molecule is N/C=C\C(=C/N)[C@H]1CCCCN1Cc1cc(F)c(S(=O)(=O)Nc2ncns2)cc1F. The summed E-state index contributed by atoms with van der Waals surface area (Å²) < 4.78 is 60.0. The van der Waals surface area contributed by atoms with E-state index in [0.717, 1.165) is 48.8 Å². The van der Waals surface area contributed by atoms with E-state index in [4.69, 9.17) is 11.5 Å². The molecule has 1 aliphatic rings. The van der Waals surface area contributed by atoms with E-state index in [1.54, 1.807) is 6.08 Å². The summed E-state index contributed by atoms with van der Waals surface area (Å²) in [5.41, 5.74) is 12.0. The lowest BCUT2D eigenvalue weighted by Crippen LogP contribution is -2.40. The molecule has 1 aromatic heterocycles. The fraction of sp³-hybridized carbons (Fsp3) is 0.333.